The van der Waals surface area contributed by atoms with Gasteiger partial charge in [0.25, 0.3) is 0 Å². The first-order valence-electron chi connectivity index (χ1n) is 6.74. The number of aliphatic carboxylic acids is 1. The Morgan fingerprint density at radius 1 is 1.26 bits per heavy atom. The number of carbonyl (C=O) groups is 1. The molecule has 0 fully saturated rings. The Bertz CT molecular complexity index is 375. The van der Waals surface area contributed by atoms with E-state index in [2.05, 4.69) is 17.0 Å². The zero-order chi connectivity index (χ0) is 14.1. The number of rotatable bonds is 9. The van der Waals surface area contributed by atoms with Crippen LogP contribution in [0, 0.1) is 0 Å². The van der Waals surface area contributed by atoms with Crippen molar-refractivity contribution in [2.24, 2.45) is 0 Å². The quantitative estimate of drug-likeness (QED) is 0.745. The van der Waals surface area contributed by atoms with E-state index in [1.54, 1.807) is 0 Å². The summed E-state index contributed by atoms with van der Waals surface area (Å²) in [4.78, 5) is 12.6. The lowest BCUT2D eigenvalue weighted by Gasteiger charge is -2.16. The highest BCUT2D eigenvalue weighted by atomic mass is 16.5. The van der Waals surface area contributed by atoms with Crippen molar-refractivity contribution in [3.63, 3.8) is 0 Å². The van der Waals surface area contributed by atoms with Crippen LogP contribution in [0.15, 0.2) is 24.3 Å². The Morgan fingerprint density at radius 3 is 2.53 bits per heavy atom. The molecule has 0 saturated heterocycles. The van der Waals surface area contributed by atoms with E-state index in [0.29, 0.717) is 13.0 Å². The highest BCUT2D eigenvalue weighted by molar-refractivity contribution is 5.66. The van der Waals surface area contributed by atoms with Gasteiger partial charge in [0.15, 0.2) is 0 Å². The van der Waals surface area contributed by atoms with E-state index in [1.165, 1.54) is 5.56 Å². The van der Waals surface area contributed by atoms with Gasteiger partial charge in [-0.05, 0) is 51.1 Å². The maximum Gasteiger partial charge on any atom is 0.303 e. The number of likely N-dealkylation sites (N-methyl/N-ethyl adjacent to an activating group) is 1. The fourth-order valence-electron chi connectivity index (χ4n) is 1.85. The van der Waals surface area contributed by atoms with E-state index < -0.39 is 5.97 Å². The predicted molar refractivity (Wildman–Crippen MR) is 75.7 cm³/mol. The lowest BCUT2D eigenvalue weighted by atomic mass is 10.1. The molecule has 0 saturated carbocycles. The molecule has 4 heteroatoms. The lowest BCUT2D eigenvalue weighted by molar-refractivity contribution is -0.137. The van der Waals surface area contributed by atoms with Crippen molar-refractivity contribution in [3.8, 4) is 5.75 Å². The molecule has 1 N–H and O–H groups in total. The van der Waals surface area contributed by atoms with Crippen molar-refractivity contribution >= 4 is 5.97 Å². The second-order valence-corrected chi connectivity index (χ2v) is 4.63. The van der Waals surface area contributed by atoms with Crippen LogP contribution in [-0.2, 0) is 11.2 Å². The molecule has 0 aliphatic carbocycles. The minimum absolute atomic E-state index is 0.243. The van der Waals surface area contributed by atoms with Crippen LogP contribution in [0.4, 0.5) is 0 Å². The van der Waals surface area contributed by atoms with Crippen molar-refractivity contribution in [1.29, 1.82) is 0 Å². The van der Waals surface area contributed by atoms with Crippen molar-refractivity contribution in [2.45, 2.75) is 26.2 Å². The summed E-state index contributed by atoms with van der Waals surface area (Å²) in [6.07, 6.45) is 1.92. The van der Waals surface area contributed by atoms with E-state index in [-0.39, 0.29) is 6.42 Å². The van der Waals surface area contributed by atoms with Crippen LogP contribution >= 0.6 is 0 Å². The van der Waals surface area contributed by atoms with Gasteiger partial charge in [-0.2, -0.15) is 0 Å². The third-order valence-corrected chi connectivity index (χ3v) is 2.95. The SMILES string of the molecule is CCOc1ccc(CCN(C)CCCC(=O)O)cc1. The first-order chi connectivity index (χ1) is 9.11. The van der Waals surface area contributed by atoms with Gasteiger partial charge >= 0.3 is 5.97 Å². The molecule has 4 nitrogen and oxygen atoms in total. The Kier molecular flexibility index (Phi) is 6.97. The molecular weight excluding hydrogens is 242 g/mol. The van der Waals surface area contributed by atoms with Gasteiger partial charge in [-0.25, -0.2) is 0 Å². The Labute approximate surface area is 115 Å². The number of benzene rings is 1. The number of hydrogen-bond acceptors (Lipinski definition) is 3. The molecule has 0 spiro atoms. The molecule has 0 unspecified atom stereocenters. The fraction of sp³-hybridized carbons (Fsp3) is 0.533. The van der Waals surface area contributed by atoms with E-state index >= 15 is 0 Å². The summed E-state index contributed by atoms with van der Waals surface area (Å²) in [6, 6.07) is 8.14. The molecule has 0 aliphatic rings. The second kappa shape index (κ2) is 8.53. The summed E-state index contributed by atoms with van der Waals surface area (Å²) in [5, 5.41) is 8.57. The summed E-state index contributed by atoms with van der Waals surface area (Å²) in [5.41, 5.74) is 1.27. The van der Waals surface area contributed by atoms with Crippen molar-refractivity contribution < 1.29 is 14.6 Å². The van der Waals surface area contributed by atoms with Gasteiger partial charge in [0.1, 0.15) is 5.75 Å². The van der Waals surface area contributed by atoms with Crippen LogP contribution < -0.4 is 4.74 Å². The monoisotopic (exact) mass is 265 g/mol. The average Bonchev–Trinajstić information content (AvgIpc) is 2.38. The van der Waals surface area contributed by atoms with Gasteiger partial charge in [-0.3, -0.25) is 4.79 Å². The molecule has 1 rings (SSSR count). The first kappa shape index (κ1) is 15.5. The van der Waals surface area contributed by atoms with Gasteiger partial charge in [0.05, 0.1) is 6.61 Å². The van der Waals surface area contributed by atoms with E-state index in [1.807, 2.05) is 26.1 Å². The molecule has 0 atom stereocenters. The van der Waals surface area contributed by atoms with Gasteiger partial charge < -0.3 is 14.7 Å². The van der Waals surface area contributed by atoms with Gasteiger partial charge in [-0.15, -0.1) is 0 Å². The summed E-state index contributed by atoms with van der Waals surface area (Å²) >= 11 is 0. The standard InChI is InChI=1S/C15H23NO3/c1-3-19-14-8-6-13(7-9-14)10-12-16(2)11-4-5-15(17)18/h6-9H,3-5,10-12H2,1-2H3,(H,17,18). The smallest absolute Gasteiger partial charge is 0.303 e. The fourth-order valence-corrected chi connectivity index (χ4v) is 1.85. The van der Waals surface area contributed by atoms with Crippen LogP contribution in [0.25, 0.3) is 0 Å². The molecular formula is C15H23NO3. The zero-order valence-corrected chi connectivity index (χ0v) is 11.8. The zero-order valence-electron chi connectivity index (χ0n) is 11.8. The topological polar surface area (TPSA) is 49.8 Å². The van der Waals surface area contributed by atoms with Crippen LogP contribution in [0.2, 0.25) is 0 Å². The predicted octanol–water partition coefficient (Wildman–Crippen LogP) is 2.42. The van der Waals surface area contributed by atoms with Gasteiger partial charge in [0, 0.05) is 13.0 Å². The summed E-state index contributed by atoms with van der Waals surface area (Å²) in [5.74, 6) is 0.181. The van der Waals surface area contributed by atoms with Crippen LogP contribution in [-0.4, -0.2) is 42.7 Å². The number of ether oxygens (including phenoxy) is 1. The maximum absolute atomic E-state index is 10.4. The molecule has 0 radical (unpaired) electrons. The number of nitrogens with zero attached hydrogens (tertiary/aromatic N) is 1. The van der Waals surface area contributed by atoms with Crippen molar-refractivity contribution in [1.82, 2.24) is 4.90 Å². The normalized spacial score (nSPS) is 10.7. The molecule has 106 valence electrons. The van der Waals surface area contributed by atoms with Crippen LogP contribution in [0.5, 0.6) is 5.75 Å². The van der Waals surface area contributed by atoms with Crippen molar-refractivity contribution in [3.05, 3.63) is 29.8 Å². The number of hydrogen-bond donors (Lipinski definition) is 1. The first-order valence-corrected chi connectivity index (χ1v) is 6.74. The van der Waals surface area contributed by atoms with E-state index in [0.717, 1.165) is 25.3 Å². The highest BCUT2D eigenvalue weighted by Gasteiger charge is 2.02. The average molecular weight is 265 g/mol. The Morgan fingerprint density at radius 2 is 1.95 bits per heavy atom. The minimum Gasteiger partial charge on any atom is -0.494 e. The Balaban J connectivity index is 2.25. The van der Waals surface area contributed by atoms with Gasteiger partial charge in [0.2, 0.25) is 0 Å². The van der Waals surface area contributed by atoms with E-state index in [9.17, 15) is 4.79 Å². The number of carboxylic acids is 1. The van der Waals surface area contributed by atoms with Crippen molar-refractivity contribution in [2.75, 3.05) is 26.7 Å². The highest BCUT2D eigenvalue weighted by Crippen LogP contribution is 2.12. The lowest BCUT2D eigenvalue weighted by Crippen LogP contribution is -2.23. The second-order valence-electron chi connectivity index (χ2n) is 4.63. The molecule has 1 aromatic carbocycles. The molecule has 0 heterocycles. The maximum atomic E-state index is 10.4. The molecule has 0 aromatic heterocycles. The van der Waals surface area contributed by atoms with E-state index in [4.69, 9.17) is 9.84 Å². The summed E-state index contributed by atoms with van der Waals surface area (Å²) < 4.78 is 5.40. The Hall–Kier alpha value is -1.55. The largest absolute Gasteiger partial charge is 0.494 e. The van der Waals surface area contributed by atoms with Gasteiger partial charge in [-0.1, -0.05) is 12.1 Å². The van der Waals surface area contributed by atoms with Crippen LogP contribution in [0.3, 0.4) is 0 Å². The summed E-state index contributed by atoms with van der Waals surface area (Å²) in [6.45, 7) is 4.42. The van der Waals surface area contributed by atoms with Crippen LogP contribution in [0.1, 0.15) is 25.3 Å². The number of carboxylic acid groups (broad SMARTS) is 1. The minimum atomic E-state index is -0.722. The molecule has 0 amide bonds. The molecule has 1 aromatic rings. The summed E-state index contributed by atoms with van der Waals surface area (Å²) in [7, 11) is 2.02. The third-order valence-electron chi connectivity index (χ3n) is 2.95. The molecule has 0 bridgehead atoms. The molecule has 19 heavy (non-hydrogen) atoms. The molecule has 0 aliphatic heterocycles. The third kappa shape index (κ3) is 6.82.